The van der Waals surface area contributed by atoms with Crippen molar-refractivity contribution in [2.24, 2.45) is 0 Å². The third kappa shape index (κ3) is 5.46. The number of amides is 4. The number of aromatic amines is 1. The number of oxazole rings is 1. The molecule has 0 bridgehead atoms. The van der Waals surface area contributed by atoms with E-state index in [1.165, 1.54) is 0 Å². The summed E-state index contributed by atoms with van der Waals surface area (Å²) in [7, 11) is 0. The van der Waals surface area contributed by atoms with E-state index in [1.807, 2.05) is 35.2 Å². The number of piperazine rings is 1. The Kier molecular flexibility index (Phi) is 7.40. The first-order valence-electron chi connectivity index (χ1n) is 14.5. The van der Waals surface area contributed by atoms with E-state index in [1.54, 1.807) is 17.0 Å². The molecule has 12 nitrogen and oxygen atoms in total. The first kappa shape index (κ1) is 27.8. The number of fused-ring (bicyclic) bond motifs is 3. The molecule has 0 unspecified atom stereocenters. The molecule has 0 aliphatic carbocycles. The van der Waals surface area contributed by atoms with Crippen LogP contribution in [0.3, 0.4) is 0 Å². The van der Waals surface area contributed by atoms with Gasteiger partial charge in [-0.25, -0.2) is 14.4 Å². The lowest BCUT2D eigenvalue weighted by molar-refractivity contribution is -0.135. The number of piperidine rings is 1. The van der Waals surface area contributed by atoms with Crippen molar-refractivity contribution in [3.05, 3.63) is 64.1 Å². The molecule has 1 aromatic heterocycles. The Morgan fingerprint density at radius 3 is 2.45 bits per heavy atom. The first-order chi connectivity index (χ1) is 20.2. The van der Waals surface area contributed by atoms with E-state index < -0.39 is 23.5 Å². The molecule has 3 aromatic rings. The summed E-state index contributed by atoms with van der Waals surface area (Å²) < 4.78 is 11.0. The van der Waals surface area contributed by atoms with E-state index in [0.29, 0.717) is 56.2 Å². The van der Waals surface area contributed by atoms with Gasteiger partial charge in [-0.3, -0.25) is 20.0 Å². The highest BCUT2D eigenvalue weighted by Gasteiger charge is 2.45. The summed E-state index contributed by atoms with van der Waals surface area (Å²) >= 11 is 0. The number of likely N-dealkylation sites (tertiary alicyclic amines) is 1. The zero-order valence-corrected chi connectivity index (χ0v) is 23.9. The maximum absolute atomic E-state index is 13.8. The van der Waals surface area contributed by atoms with Gasteiger partial charge in [-0.1, -0.05) is 24.3 Å². The number of para-hydroxylation sites is 1. The minimum Gasteiger partial charge on any atom is -0.438 e. The molecule has 3 aliphatic heterocycles. The van der Waals surface area contributed by atoms with Gasteiger partial charge in [-0.05, 0) is 37.6 Å². The molecule has 2 saturated heterocycles. The molecule has 0 saturated carbocycles. The van der Waals surface area contributed by atoms with Crippen LogP contribution in [0.25, 0.3) is 11.1 Å². The summed E-state index contributed by atoms with van der Waals surface area (Å²) in [6, 6.07) is 12.1. The highest BCUT2D eigenvalue weighted by molar-refractivity contribution is 5.89. The standard InChI is InChI=1S/C30H36N6O6/c1-19(2)34-13-15-35(16-14-34)26(37)24(17-20-7-8-23-25(18-20)41-28(39)33-23)31-27(38)36-11-9-30(10-12-36)21-5-3-4-6-22(21)32-29(40)42-30/h3-8,18-19,24H,9-17H2,1-2H3,(H,31,38)(H,32,40)(H,33,39)/t24-/m1/s1. The van der Waals surface area contributed by atoms with Gasteiger partial charge in [0.2, 0.25) is 5.91 Å². The van der Waals surface area contributed by atoms with Crippen LogP contribution in [0.5, 0.6) is 0 Å². The lowest BCUT2D eigenvalue weighted by Gasteiger charge is -2.44. The van der Waals surface area contributed by atoms with Crippen LogP contribution in [0.1, 0.15) is 37.8 Å². The summed E-state index contributed by atoms with van der Waals surface area (Å²) in [6.45, 7) is 7.72. The molecule has 3 N–H and O–H groups in total. The number of nitrogens with one attached hydrogen (secondary N) is 3. The van der Waals surface area contributed by atoms with Crippen LogP contribution in [0.2, 0.25) is 0 Å². The Bertz CT molecular complexity index is 1550. The molecule has 4 heterocycles. The van der Waals surface area contributed by atoms with Crippen molar-refractivity contribution in [3.8, 4) is 0 Å². The van der Waals surface area contributed by atoms with Crippen molar-refractivity contribution in [2.45, 2.75) is 50.8 Å². The molecule has 12 heteroatoms. The van der Waals surface area contributed by atoms with Gasteiger partial charge in [0, 0.05) is 70.1 Å². The van der Waals surface area contributed by atoms with Crippen molar-refractivity contribution in [1.29, 1.82) is 0 Å². The zero-order valence-electron chi connectivity index (χ0n) is 23.9. The third-order valence-corrected chi connectivity index (χ3v) is 8.68. The Morgan fingerprint density at radius 1 is 0.976 bits per heavy atom. The van der Waals surface area contributed by atoms with Crippen LogP contribution < -0.4 is 16.4 Å². The molecule has 4 amide bonds. The fourth-order valence-electron chi connectivity index (χ4n) is 6.27. The predicted molar refractivity (Wildman–Crippen MR) is 155 cm³/mol. The van der Waals surface area contributed by atoms with Crippen LogP contribution in [0.15, 0.2) is 51.7 Å². The minimum atomic E-state index is -0.806. The predicted octanol–water partition coefficient (Wildman–Crippen LogP) is 2.85. The van der Waals surface area contributed by atoms with Crippen molar-refractivity contribution < 1.29 is 23.5 Å². The normalized spacial score (nSPS) is 19.4. The van der Waals surface area contributed by atoms with Crippen molar-refractivity contribution >= 4 is 34.8 Å². The van der Waals surface area contributed by atoms with E-state index in [2.05, 4.69) is 34.4 Å². The Balaban J connectivity index is 1.17. The number of rotatable bonds is 5. The minimum absolute atomic E-state index is 0.142. The van der Waals surface area contributed by atoms with Gasteiger partial charge in [0.05, 0.1) is 11.2 Å². The van der Waals surface area contributed by atoms with Crippen molar-refractivity contribution in [1.82, 2.24) is 25.0 Å². The highest BCUT2D eigenvalue weighted by Crippen LogP contribution is 2.43. The van der Waals surface area contributed by atoms with Gasteiger partial charge in [-0.2, -0.15) is 0 Å². The van der Waals surface area contributed by atoms with E-state index in [9.17, 15) is 19.2 Å². The first-order valence-corrected chi connectivity index (χ1v) is 14.5. The number of carbonyl (C=O) groups excluding carboxylic acids is 3. The summed E-state index contributed by atoms with van der Waals surface area (Å²) in [6.07, 6.45) is 0.645. The molecular formula is C30H36N6O6. The van der Waals surface area contributed by atoms with Gasteiger partial charge in [-0.15, -0.1) is 0 Å². The van der Waals surface area contributed by atoms with Crippen LogP contribution in [0, 0.1) is 0 Å². The fourth-order valence-corrected chi connectivity index (χ4v) is 6.27. The SMILES string of the molecule is CC(C)N1CCN(C(=O)[C@@H](Cc2ccc3[nH]c(=O)oc3c2)NC(=O)N2CCC3(CC2)OC(=O)Nc2ccccc23)CC1. The monoisotopic (exact) mass is 576 g/mol. The summed E-state index contributed by atoms with van der Waals surface area (Å²) in [5.74, 6) is -0.687. The Morgan fingerprint density at radius 2 is 1.71 bits per heavy atom. The van der Waals surface area contributed by atoms with Crippen molar-refractivity contribution in [2.75, 3.05) is 44.6 Å². The van der Waals surface area contributed by atoms with Crippen molar-refractivity contribution in [3.63, 3.8) is 0 Å². The maximum Gasteiger partial charge on any atom is 0.417 e. The Labute approximate surface area is 243 Å². The third-order valence-electron chi connectivity index (χ3n) is 8.68. The molecule has 2 fully saturated rings. The largest absolute Gasteiger partial charge is 0.438 e. The topological polar surface area (TPSA) is 140 Å². The number of anilines is 1. The lowest BCUT2D eigenvalue weighted by atomic mass is 9.82. The molecule has 2 aromatic carbocycles. The molecule has 3 aliphatic rings. The van der Waals surface area contributed by atoms with Gasteiger partial charge in [0.25, 0.3) is 0 Å². The zero-order chi connectivity index (χ0) is 29.4. The molecule has 0 radical (unpaired) electrons. The second-order valence-electron chi connectivity index (χ2n) is 11.5. The van der Waals surface area contributed by atoms with E-state index in [0.717, 1.165) is 29.9 Å². The second kappa shape index (κ2) is 11.2. The number of nitrogens with zero attached hydrogens (tertiary/aromatic N) is 3. The van der Waals surface area contributed by atoms with Gasteiger partial charge in [0.1, 0.15) is 11.6 Å². The van der Waals surface area contributed by atoms with Crippen LogP contribution in [0.4, 0.5) is 15.3 Å². The van der Waals surface area contributed by atoms with Gasteiger partial charge in [0.15, 0.2) is 5.58 Å². The fraction of sp³-hybridized carbons (Fsp3) is 0.467. The summed E-state index contributed by atoms with van der Waals surface area (Å²) in [4.78, 5) is 59.8. The number of hydrogen-bond donors (Lipinski definition) is 3. The average Bonchev–Trinajstić information content (AvgIpc) is 3.36. The van der Waals surface area contributed by atoms with E-state index in [-0.39, 0.29) is 18.4 Å². The average molecular weight is 577 g/mol. The molecular weight excluding hydrogens is 540 g/mol. The van der Waals surface area contributed by atoms with Crippen LogP contribution >= 0.6 is 0 Å². The quantitative estimate of drug-likeness (QED) is 0.424. The maximum atomic E-state index is 13.8. The number of benzene rings is 2. The molecule has 6 rings (SSSR count). The number of hydrogen-bond acceptors (Lipinski definition) is 7. The molecule has 222 valence electrons. The number of ether oxygens (including phenoxy) is 1. The molecule has 1 atom stereocenters. The molecule has 1 spiro atoms. The second-order valence-corrected chi connectivity index (χ2v) is 11.5. The van der Waals surface area contributed by atoms with Gasteiger partial charge >= 0.3 is 17.9 Å². The number of H-pyrrole nitrogens is 1. The summed E-state index contributed by atoms with van der Waals surface area (Å²) in [5.41, 5.74) is 2.58. The molecule has 42 heavy (non-hydrogen) atoms. The smallest absolute Gasteiger partial charge is 0.417 e. The lowest BCUT2D eigenvalue weighted by Crippen LogP contribution is -2.59. The highest BCUT2D eigenvalue weighted by atomic mass is 16.6. The van der Waals surface area contributed by atoms with Crippen LogP contribution in [-0.2, 0) is 21.6 Å². The number of carbonyl (C=O) groups is 3. The van der Waals surface area contributed by atoms with Crippen LogP contribution in [-0.4, -0.2) is 89.1 Å². The van der Waals surface area contributed by atoms with E-state index >= 15 is 0 Å². The van der Waals surface area contributed by atoms with Gasteiger partial charge < -0.3 is 24.3 Å². The number of aromatic nitrogens is 1. The Hall–Kier alpha value is -4.32. The summed E-state index contributed by atoms with van der Waals surface area (Å²) in [5, 5.41) is 5.76. The number of urea groups is 1. The van der Waals surface area contributed by atoms with E-state index in [4.69, 9.17) is 9.15 Å².